The fourth-order valence-corrected chi connectivity index (χ4v) is 0. The third-order valence-electron chi connectivity index (χ3n) is 0. The molecule has 0 amide bonds. The summed E-state index contributed by atoms with van der Waals surface area (Å²) in [6.07, 6.45) is 0. The first-order valence-corrected chi connectivity index (χ1v) is 1.66. The van der Waals surface area contributed by atoms with Crippen LogP contribution in [0.1, 0.15) is 6.92 Å². The van der Waals surface area contributed by atoms with Gasteiger partial charge in [-0.15, -0.1) is 0 Å². The fourth-order valence-electron chi connectivity index (χ4n) is 0. The zero-order valence-electron chi connectivity index (χ0n) is 3.15. The van der Waals surface area contributed by atoms with Crippen LogP contribution in [0, 0.1) is 0 Å². The Balaban J connectivity index is 0. The molecule has 0 aliphatic heterocycles. The van der Waals surface area contributed by atoms with Gasteiger partial charge in [0.2, 0.25) is 0 Å². The normalized spacial score (nSPS) is 4.50. The minimum Gasteiger partial charge on any atom is -0.180 e. The van der Waals surface area contributed by atoms with Crippen LogP contribution in [0.25, 0.3) is 0 Å². The third-order valence-corrected chi connectivity index (χ3v) is 0. The van der Waals surface area contributed by atoms with Crippen LogP contribution in [0.4, 0.5) is 0 Å². The molecule has 0 atom stereocenters. The Morgan fingerprint density at radius 1 is 1.75 bits per heavy atom. The summed E-state index contributed by atoms with van der Waals surface area (Å²) in [6.45, 7) is 1.99. The Labute approximate surface area is 75.2 Å². The first-order valence-electron chi connectivity index (χ1n) is 1.02. The molecule has 0 spiro atoms. The van der Waals surface area contributed by atoms with E-state index in [9.17, 15) is 0 Å². The molecule has 0 unspecified atom stereocenters. The van der Waals surface area contributed by atoms with Gasteiger partial charge in [-0.25, -0.2) is 0 Å². The zero-order valence-corrected chi connectivity index (χ0v) is 7.17. The molecular weight excluding hydrogens is 95.2 g/mol. The van der Waals surface area contributed by atoms with Crippen molar-refractivity contribution in [3.05, 3.63) is 0 Å². The van der Waals surface area contributed by atoms with E-state index in [1.807, 2.05) is 6.92 Å². The van der Waals surface area contributed by atoms with Crippen molar-refractivity contribution in [2.45, 2.75) is 6.92 Å². The Morgan fingerprint density at radius 2 is 1.75 bits per heavy atom. The van der Waals surface area contributed by atoms with Crippen molar-refractivity contribution in [3.8, 4) is 0 Å². The van der Waals surface area contributed by atoms with Crippen molar-refractivity contribution in [2.24, 2.45) is 0 Å². The summed E-state index contributed by atoms with van der Waals surface area (Å²) in [7, 11) is 0. The summed E-state index contributed by atoms with van der Waals surface area (Å²) in [4.78, 5) is 0. The van der Waals surface area contributed by atoms with E-state index < -0.39 is 0 Å². The summed E-state index contributed by atoms with van der Waals surface area (Å²) in [5.74, 6) is 0.944. The van der Waals surface area contributed by atoms with Gasteiger partial charge in [0.05, 0.1) is 0 Å². The van der Waals surface area contributed by atoms with E-state index in [1.165, 1.54) is 0 Å². The third kappa shape index (κ3) is 9.01. The van der Waals surface area contributed by atoms with Gasteiger partial charge in [0, 0.05) is 51.4 Å². The smallest absolute Gasteiger partial charge is 0 e. The second-order valence-corrected chi connectivity index (χ2v) is 0.949. The molecule has 0 nitrogen and oxygen atoms in total. The van der Waals surface area contributed by atoms with Crippen molar-refractivity contribution in [1.82, 2.24) is 0 Å². The van der Waals surface area contributed by atoms with Crippen molar-refractivity contribution in [1.29, 1.82) is 0 Å². The van der Waals surface area contributed by atoms with Gasteiger partial charge in [0.25, 0.3) is 0 Å². The molecule has 1 radical (unpaired) electrons. The molecule has 0 aromatic carbocycles. The predicted molar refractivity (Wildman–Crippen MR) is 25.3 cm³/mol. The molecule has 4 heavy (non-hydrogen) atoms. The fraction of sp³-hybridized carbons (Fsp3) is 1.00. The molecule has 2 heteroatoms. The topological polar surface area (TPSA) is 0 Å². The number of hydrogen-bond donors (Lipinski definition) is 1. The molecule has 0 saturated carbocycles. The number of thiol groups is 1. The van der Waals surface area contributed by atoms with Gasteiger partial charge in [-0.3, -0.25) is 0 Å². The van der Waals surface area contributed by atoms with E-state index >= 15 is 0 Å². The monoisotopic (exact) mass is 101 g/mol. The van der Waals surface area contributed by atoms with Crippen LogP contribution in [-0.4, -0.2) is 57.1 Å². The Bertz CT molecular complexity index is 6.00. The molecular formula is C2H6KS. The van der Waals surface area contributed by atoms with Crippen LogP contribution in [-0.2, 0) is 0 Å². The molecule has 0 N–H and O–H groups in total. The van der Waals surface area contributed by atoms with Gasteiger partial charge in [0.15, 0.2) is 0 Å². The summed E-state index contributed by atoms with van der Waals surface area (Å²) < 4.78 is 0. The molecule has 0 aliphatic carbocycles. The van der Waals surface area contributed by atoms with Crippen LogP contribution in [0.3, 0.4) is 0 Å². The van der Waals surface area contributed by atoms with Gasteiger partial charge >= 0.3 is 0 Å². The predicted octanol–water partition coefficient (Wildman–Crippen LogP) is 0.555. The molecule has 0 heterocycles. The van der Waals surface area contributed by atoms with E-state index in [1.54, 1.807) is 0 Å². The Morgan fingerprint density at radius 3 is 1.75 bits per heavy atom. The second kappa shape index (κ2) is 8.88. The summed E-state index contributed by atoms with van der Waals surface area (Å²) >= 11 is 3.79. The second-order valence-electron chi connectivity index (χ2n) is 0.316. The molecule has 0 rings (SSSR count). The van der Waals surface area contributed by atoms with Crippen molar-refractivity contribution in [3.63, 3.8) is 0 Å². The van der Waals surface area contributed by atoms with Gasteiger partial charge in [-0.2, -0.15) is 12.6 Å². The molecule has 0 saturated heterocycles. The van der Waals surface area contributed by atoms with E-state index in [2.05, 4.69) is 12.6 Å². The largest absolute Gasteiger partial charge is 0.180 e. The van der Waals surface area contributed by atoms with E-state index in [0.29, 0.717) is 0 Å². The molecule has 0 fully saturated rings. The number of hydrogen-bond acceptors (Lipinski definition) is 1. The van der Waals surface area contributed by atoms with Gasteiger partial charge in [-0.1, -0.05) is 6.92 Å². The van der Waals surface area contributed by atoms with E-state index in [-0.39, 0.29) is 51.4 Å². The Kier molecular flexibility index (Phi) is 20.8. The van der Waals surface area contributed by atoms with Crippen molar-refractivity contribution >= 4 is 64.0 Å². The average Bonchev–Trinajstić information content (AvgIpc) is 0.918. The number of rotatable bonds is 0. The average molecular weight is 101 g/mol. The van der Waals surface area contributed by atoms with Crippen LogP contribution in [0.2, 0.25) is 0 Å². The first-order chi connectivity index (χ1) is 1.41. The molecule has 0 aromatic rings. The maximum absolute atomic E-state index is 3.79. The van der Waals surface area contributed by atoms with Gasteiger partial charge in [0.1, 0.15) is 0 Å². The molecule has 0 bridgehead atoms. The van der Waals surface area contributed by atoms with Crippen LogP contribution >= 0.6 is 12.6 Å². The van der Waals surface area contributed by atoms with E-state index in [0.717, 1.165) is 5.75 Å². The summed E-state index contributed by atoms with van der Waals surface area (Å²) in [5.41, 5.74) is 0. The van der Waals surface area contributed by atoms with Crippen LogP contribution in [0.5, 0.6) is 0 Å². The summed E-state index contributed by atoms with van der Waals surface area (Å²) in [6, 6.07) is 0. The maximum atomic E-state index is 3.79. The Hall–Kier alpha value is 1.99. The standard InChI is InChI=1S/C2H6S.K/c1-2-3;/h3H,2H2,1H3;. The SMILES string of the molecule is CCS.[K]. The minimum atomic E-state index is 0. The van der Waals surface area contributed by atoms with Gasteiger partial charge < -0.3 is 0 Å². The van der Waals surface area contributed by atoms with Crippen LogP contribution < -0.4 is 0 Å². The van der Waals surface area contributed by atoms with Crippen molar-refractivity contribution < 1.29 is 0 Å². The molecule has 0 aromatic heterocycles. The summed E-state index contributed by atoms with van der Waals surface area (Å²) in [5, 5.41) is 0. The van der Waals surface area contributed by atoms with Crippen molar-refractivity contribution in [2.75, 3.05) is 5.75 Å². The first kappa shape index (κ1) is 9.37. The van der Waals surface area contributed by atoms with Crippen LogP contribution in [0.15, 0.2) is 0 Å². The van der Waals surface area contributed by atoms with Gasteiger partial charge in [-0.05, 0) is 5.75 Å². The zero-order chi connectivity index (χ0) is 2.71. The minimum absolute atomic E-state index is 0. The molecule has 21 valence electrons. The molecule has 0 aliphatic rings. The quantitative estimate of drug-likeness (QED) is 0.334. The maximum Gasteiger partial charge on any atom is 0 e. The van der Waals surface area contributed by atoms with E-state index in [4.69, 9.17) is 0 Å².